The molecule has 0 atom stereocenters. The highest BCUT2D eigenvalue weighted by atomic mass is 16.4. The van der Waals surface area contributed by atoms with Crippen LogP contribution in [0.25, 0.3) is 0 Å². The number of unbranched alkanes of at least 4 members (excludes halogenated alkanes) is 3. The topological polar surface area (TPSA) is 66.4 Å². The summed E-state index contributed by atoms with van der Waals surface area (Å²) in [7, 11) is 0. The van der Waals surface area contributed by atoms with Gasteiger partial charge in [0, 0.05) is 13.0 Å². The van der Waals surface area contributed by atoms with E-state index in [0.29, 0.717) is 6.54 Å². The fourth-order valence-electron chi connectivity index (χ4n) is 1.02. The van der Waals surface area contributed by atoms with E-state index >= 15 is 0 Å². The Kier molecular flexibility index (Phi) is 7.89. The van der Waals surface area contributed by atoms with Crippen molar-refractivity contribution < 1.29 is 14.7 Å². The van der Waals surface area contributed by atoms with E-state index < -0.39 is 5.97 Å². The summed E-state index contributed by atoms with van der Waals surface area (Å²) in [6.45, 7) is 4.35. The number of carboxylic acid groups (broad SMARTS) is 1. The molecular weight excluding hydrogens is 182 g/mol. The van der Waals surface area contributed by atoms with Gasteiger partial charge in [0.1, 0.15) is 0 Å². The molecule has 0 heterocycles. The van der Waals surface area contributed by atoms with E-state index in [2.05, 4.69) is 12.2 Å². The van der Waals surface area contributed by atoms with Crippen LogP contribution in [-0.4, -0.2) is 23.5 Å². The van der Waals surface area contributed by atoms with Gasteiger partial charge in [0.05, 0.1) is 6.42 Å². The first-order valence-electron chi connectivity index (χ1n) is 4.94. The van der Waals surface area contributed by atoms with Crippen molar-refractivity contribution in [2.45, 2.75) is 38.5 Å². The number of nitrogens with one attached hydrogen (secondary N) is 1. The van der Waals surface area contributed by atoms with E-state index in [0.717, 1.165) is 25.7 Å². The standard InChI is InChI=1S/C10H18NO3/c1-2-3-4-5-8-11-9(12)6-7-10(13)14/h1-8H2,(H,11,12)(H,13,14). The molecule has 0 aromatic carbocycles. The van der Waals surface area contributed by atoms with Gasteiger partial charge in [-0.3, -0.25) is 9.59 Å². The van der Waals surface area contributed by atoms with Gasteiger partial charge in [0.2, 0.25) is 5.91 Å². The molecule has 0 aliphatic heterocycles. The predicted octanol–water partition coefficient (Wildman–Crippen LogP) is 1.36. The highest BCUT2D eigenvalue weighted by molar-refractivity contribution is 5.80. The first-order chi connectivity index (χ1) is 6.66. The lowest BCUT2D eigenvalue weighted by molar-refractivity contribution is -0.138. The first-order valence-corrected chi connectivity index (χ1v) is 4.94. The van der Waals surface area contributed by atoms with E-state index in [9.17, 15) is 9.59 Å². The summed E-state index contributed by atoms with van der Waals surface area (Å²) in [5.41, 5.74) is 0. The van der Waals surface area contributed by atoms with Crippen LogP contribution in [0.4, 0.5) is 0 Å². The van der Waals surface area contributed by atoms with Crippen molar-refractivity contribution >= 4 is 11.9 Å². The highest BCUT2D eigenvalue weighted by Crippen LogP contribution is 1.97. The van der Waals surface area contributed by atoms with Crippen LogP contribution in [0.15, 0.2) is 0 Å². The van der Waals surface area contributed by atoms with Crippen molar-refractivity contribution in [1.82, 2.24) is 5.32 Å². The summed E-state index contributed by atoms with van der Waals surface area (Å²) in [5.74, 6) is -1.11. The number of rotatable bonds is 8. The molecule has 0 saturated heterocycles. The Bertz CT molecular complexity index is 180. The summed E-state index contributed by atoms with van der Waals surface area (Å²) < 4.78 is 0. The summed E-state index contributed by atoms with van der Waals surface area (Å²) in [5, 5.41) is 11.0. The Morgan fingerprint density at radius 1 is 1.14 bits per heavy atom. The molecule has 4 nitrogen and oxygen atoms in total. The molecular formula is C10H18NO3. The number of carbonyl (C=O) groups is 2. The molecule has 0 aromatic heterocycles. The van der Waals surface area contributed by atoms with Crippen molar-refractivity contribution in [1.29, 1.82) is 0 Å². The maximum absolute atomic E-state index is 11.0. The molecule has 81 valence electrons. The number of hydrogen-bond acceptors (Lipinski definition) is 2. The van der Waals surface area contributed by atoms with Gasteiger partial charge in [0.25, 0.3) is 0 Å². The number of carboxylic acids is 1. The summed E-state index contributed by atoms with van der Waals surface area (Å²) in [6.07, 6.45) is 3.98. The molecule has 2 N–H and O–H groups in total. The third-order valence-corrected chi connectivity index (χ3v) is 1.81. The highest BCUT2D eigenvalue weighted by Gasteiger charge is 2.03. The first kappa shape index (κ1) is 12.9. The van der Waals surface area contributed by atoms with Crippen molar-refractivity contribution in [3.63, 3.8) is 0 Å². The number of carbonyl (C=O) groups excluding carboxylic acids is 1. The van der Waals surface area contributed by atoms with Gasteiger partial charge in [0.15, 0.2) is 0 Å². The molecule has 0 unspecified atom stereocenters. The molecule has 4 heteroatoms. The molecule has 0 aliphatic rings. The van der Waals surface area contributed by atoms with Crippen LogP contribution in [0, 0.1) is 6.92 Å². The minimum atomic E-state index is -0.933. The van der Waals surface area contributed by atoms with Crippen LogP contribution in [0.3, 0.4) is 0 Å². The zero-order valence-electron chi connectivity index (χ0n) is 8.42. The predicted molar refractivity (Wildman–Crippen MR) is 53.7 cm³/mol. The van der Waals surface area contributed by atoms with Gasteiger partial charge >= 0.3 is 5.97 Å². The quantitative estimate of drug-likeness (QED) is 0.581. The van der Waals surface area contributed by atoms with E-state index in [1.165, 1.54) is 0 Å². The summed E-state index contributed by atoms with van der Waals surface area (Å²) >= 11 is 0. The van der Waals surface area contributed by atoms with Crippen molar-refractivity contribution in [2.24, 2.45) is 0 Å². The summed E-state index contributed by atoms with van der Waals surface area (Å²) in [6, 6.07) is 0. The van der Waals surface area contributed by atoms with Crippen LogP contribution < -0.4 is 5.32 Å². The molecule has 0 fully saturated rings. The van der Waals surface area contributed by atoms with E-state index in [1.54, 1.807) is 0 Å². The fraction of sp³-hybridized carbons (Fsp3) is 0.700. The number of hydrogen-bond donors (Lipinski definition) is 2. The van der Waals surface area contributed by atoms with Crippen LogP contribution in [-0.2, 0) is 9.59 Å². The Morgan fingerprint density at radius 2 is 1.86 bits per heavy atom. The second-order valence-corrected chi connectivity index (χ2v) is 3.16. The van der Waals surface area contributed by atoms with Crippen LogP contribution in [0.1, 0.15) is 38.5 Å². The maximum Gasteiger partial charge on any atom is 0.303 e. The minimum Gasteiger partial charge on any atom is -0.481 e. The molecule has 0 spiro atoms. The van der Waals surface area contributed by atoms with E-state index in [4.69, 9.17) is 5.11 Å². The lowest BCUT2D eigenvalue weighted by atomic mass is 10.2. The third kappa shape index (κ3) is 9.03. The normalized spacial score (nSPS) is 9.79. The lowest BCUT2D eigenvalue weighted by Gasteiger charge is -2.03. The Hall–Kier alpha value is -1.06. The Balaban J connectivity index is 3.22. The molecule has 0 saturated carbocycles. The monoisotopic (exact) mass is 200 g/mol. The second kappa shape index (κ2) is 8.53. The smallest absolute Gasteiger partial charge is 0.303 e. The molecule has 0 bridgehead atoms. The third-order valence-electron chi connectivity index (χ3n) is 1.81. The van der Waals surface area contributed by atoms with Crippen LogP contribution >= 0.6 is 0 Å². The Labute approximate surface area is 84.7 Å². The van der Waals surface area contributed by atoms with Gasteiger partial charge < -0.3 is 10.4 Å². The van der Waals surface area contributed by atoms with Crippen LogP contribution in [0.5, 0.6) is 0 Å². The Morgan fingerprint density at radius 3 is 2.43 bits per heavy atom. The average Bonchev–Trinajstić information content (AvgIpc) is 2.14. The molecule has 0 rings (SSSR count). The van der Waals surface area contributed by atoms with Crippen molar-refractivity contribution in [3.05, 3.63) is 6.92 Å². The van der Waals surface area contributed by atoms with Gasteiger partial charge in [-0.2, -0.15) is 0 Å². The zero-order valence-corrected chi connectivity index (χ0v) is 8.42. The fourth-order valence-corrected chi connectivity index (χ4v) is 1.02. The molecule has 1 radical (unpaired) electrons. The number of aliphatic carboxylic acids is 1. The van der Waals surface area contributed by atoms with Crippen LogP contribution in [0.2, 0.25) is 0 Å². The van der Waals surface area contributed by atoms with Gasteiger partial charge in [-0.1, -0.05) is 26.2 Å². The molecule has 0 aliphatic carbocycles. The van der Waals surface area contributed by atoms with E-state index in [-0.39, 0.29) is 18.7 Å². The maximum atomic E-state index is 11.0. The molecule has 0 aromatic rings. The molecule has 14 heavy (non-hydrogen) atoms. The SMILES string of the molecule is [CH2]CCCCCNC(=O)CCC(=O)O. The van der Waals surface area contributed by atoms with Gasteiger partial charge in [-0.05, 0) is 6.42 Å². The zero-order chi connectivity index (χ0) is 10.8. The van der Waals surface area contributed by atoms with Gasteiger partial charge in [-0.25, -0.2) is 0 Å². The summed E-state index contributed by atoms with van der Waals surface area (Å²) in [4.78, 5) is 21.1. The molecule has 1 amide bonds. The second-order valence-electron chi connectivity index (χ2n) is 3.16. The average molecular weight is 200 g/mol. The largest absolute Gasteiger partial charge is 0.481 e. The van der Waals surface area contributed by atoms with Crippen molar-refractivity contribution in [3.8, 4) is 0 Å². The lowest BCUT2D eigenvalue weighted by Crippen LogP contribution is -2.24. The number of amides is 1. The minimum absolute atomic E-state index is 0.0741. The van der Waals surface area contributed by atoms with Gasteiger partial charge in [-0.15, -0.1) is 0 Å². The van der Waals surface area contributed by atoms with E-state index in [1.807, 2.05) is 0 Å². The van der Waals surface area contributed by atoms with Crippen molar-refractivity contribution in [2.75, 3.05) is 6.54 Å².